The van der Waals surface area contributed by atoms with Crippen LogP contribution in [0.25, 0.3) is 0 Å². The number of carbonyl (C=O) groups excluding carboxylic acids is 1. The minimum atomic E-state index is -0.865. The Hall–Kier alpha value is -1.10. The van der Waals surface area contributed by atoms with Crippen molar-refractivity contribution in [1.29, 1.82) is 0 Å². The van der Waals surface area contributed by atoms with Crippen molar-refractivity contribution >= 4 is 17.0 Å². The van der Waals surface area contributed by atoms with Crippen LogP contribution >= 0.6 is 11.6 Å². The van der Waals surface area contributed by atoms with Crippen molar-refractivity contribution in [1.82, 2.24) is 0 Å². The molecule has 1 aliphatic carbocycles. The van der Waals surface area contributed by atoms with Gasteiger partial charge in [0.25, 0.3) is 0 Å². The van der Waals surface area contributed by atoms with Crippen LogP contribution in [0.15, 0.2) is 12.2 Å². The molecule has 16 heavy (non-hydrogen) atoms. The van der Waals surface area contributed by atoms with Gasteiger partial charge in [0.05, 0.1) is 6.61 Å². The van der Waals surface area contributed by atoms with Gasteiger partial charge in [-0.2, -0.15) is 0 Å². The predicted octanol–water partition coefficient (Wildman–Crippen LogP) is 2.61. The lowest BCUT2D eigenvalue weighted by atomic mass is 9.81. The second-order valence-electron chi connectivity index (χ2n) is 3.99. The Morgan fingerprint density at radius 2 is 2.25 bits per heavy atom. The fraction of sp³-hybridized carbons (Fsp3) is 0.700. The van der Waals surface area contributed by atoms with Crippen molar-refractivity contribution < 1.29 is 14.5 Å². The molecule has 3 unspecified atom stereocenters. The molecule has 6 heteroatoms. The van der Waals surface area contributed by atoms with Gasteiger partial charge in [-0.25, -0.2) is 4.79 Å². The Balaban J connectivity index is 2.58. The van der Waals surface area contributed by atoms with Crippen LogP contribution in [-0.2, 0) is 4.74 Å². The first-order valence-corrected chi connectivity index (χ1v) is 5.51. The van der Waals surface area contributed by atoms with E-state index >= 15 is 0 Å². The van der Waals surface area contributed by atoms with E-state index in [1.54, 1.807) is 0 Å². The van der Waals surface area contributed by atoms with Crippen molar-refractivity contribution in [2.45, 2.75) is 25.8 Å². The van der Waals surface area contributed by atoms with Gasteiger partial charge in [-0.05, 0) is 12.3 Å². The first-order valence-electron chi connectivity index (χ1n) is 5.13. The number of ether oxygens (including phenoxy) is 1. The highest BCUT2D eigenvalue weighted by molar-refractivity contribution is 6.61. The van der Waals surface area contributed by atoms with Crippen LogP contribution < -0.4 is 0 Å². The Kier molecular flexibility index (Phi) is 4.73. The monoisotopic (exact) mass is 247 g/mol. The number of allylic oxidation sites excluding steroid dienone is 1. The lowest BCUT2D eigenvalue weighted by molar-refractivity contribution is -0.534. The third-order valence-electron chi connectivity index (χ3n) is 2.91. The first kappa shape index (κ1) is 13.0. The van der Waals surface area contributed by atoms with Crippen LogP contribution in [0.3, 0.4) is 0 Å². The third-order valence-corrected chi connectivity index (χ3v) is 3.02. The lowest BCUT2D eigenvalue weighted by Crippen LogP contribution is -2.36. The SMILES string of the molecule is CC(COC(=O)Cl)C1CC=CCC1[N+](=O)[O-]. The Morgan fingerprint density at radius 3 is 2.81 bits per heavy atom. The molecule has 0 aliphatic heterocycles. The van der Waals surface area contributed by atoms with E-state index in [1.165, 1.54) is 0 Å². The average molecular weight is 248 g/mol. The maximum atomic E-state index is 10.8. The highest BCUT2D eigenvalue weighted by Gasteiger charge is 2.35. The molecule has 0 heterocycles. The van der Waals surface area contributed by atoms with Crippen LogP contribution in [0, 0.1) is 22.0 Å². The Labute approximate surface area is 98.6 Å². The van der Waals surface area contributed by atoms with Crippen molar-refractivity contribution in [2.75, 3.05) is 6.61 Å². The van der Waals surface area contributed by atoms with Crippen LogP contribution in [0.4, 0.5) is 4.79 Å². The van der Waals surface area contributed by atoms with Crippen molar-refractivity contribution in [3.63, 3.8) is 0 Å². The summed E-state index contributed by atoms with van der Waals surface area (Å²) in [6.45, 7) is 1.96. The van der Waals surface area contributed by atoms with Gasteiger partial charge in [0.2, 0.25) is 6.04 Å². The largest absolute Gasteiger partial charge is 0.453 e. The Morgan fingerprint density at radius 1 is 1.62 bits per heavy atom. The average Bonchev–Trinajstić information content (AvgIpc) is 2.25. The smallest absolute Gasteiger partial charge is 0.403 e. The minimum Gasteiger partial charge on any atom is -0.453 e. The van der Waals surface area contributed by atoms with Crippen molar-refractivity contribution in [3.8, 4) is 0 Å². The molecule has 0 spiro atoms. The van der Waals surface area contributed by atoms with Gasteiger partial charge in [0.15, 0.2) is 0 Å². The molecule has 0 aromatic rings. The van der Waals surface area contributed by atoms with Crippen LogP contribution in [0.5, 0.6) is 0 Å². The van der Waals surface area contributed by atoms with E-state index < -0.39 is 11.5 Å². The number of carbonyl (C=O) groups is 1. The van der Waals surface area contributed by atoms with Gasteiger partial charge < -0.3 is 4.74 Å². The maximum Gasteiger partial charge on any atom is 0.403 e. The molecule has 0 aromatic heterocycles. The van der Waals surface area contributed by atoms with E-state index in [0.717, 1.165) is 0 Å². The van der Waals surface area contributed by atoms with Crippen LogP contribution in [0.1, 0.15) is 19.8 Å². The normalized spacial score (nSPS) is 26.1. The summed E-state index contributed by atoms with van der Waals surface area (Å²) in [5, 5.41) is 10.8. The van der Waals surface area contributed by atoms with Crippen LogP contribution in [0.2, 0.25) is 0 Å². The molecule has 3 atom stereocenters. The summed E-state index contributed by atoms with van der Waals surface area (Å²) < 4.78 is 4.66. The van der Waals surface area contributed by atoms with Gasteiger partial charge in [-0.3, -0.25) is 10.1 Å². The molecular weight excluding hydrogens is 234 g/mol. The summed E-state index contributed by atoms with van der Waals surface area (Å²) in [6, 6.07) is -0.589. The van der Waals surface area contributed by atoms with E-state index in [1.807, 2.05) is 19.1 Å². The Bertz CT molecular complexity index is 305. The number of nitrogens with zero attached hydrogens (tertiary/aromatic N) is 1. The summed E-state index contributed by atoms with van der Waals surface area (Å²) >= 11 is 5.05. The molecule has 0 saturated carbocycles. The standard InChI is InChI=1S/C10H14ClNO4/c1-7(6-16-10(11)13)8-4-2-3-5-9(8)12(14)15/h2-3,7-9H,4-6H2,1H3. The number of rotatable bonds is 4. The molecule has 90 valence electrons. The fourth-order valence-corrected chi connectivity index (χ4v) is 2.06. The van der Waals surface area contributed by atoms with E-state index in [-0.39, 0.29) is 23.4 Å². The third kappa shape index (κ3) is 3.48. The van der Waals surface area contributed by atoms with Gasteiger partial charge in [0, 0.05) is 28.9 Å². The topological polar surface area (TPSA) is 69.4 Å². The zero-order valence-corrected chi connectivity index (χ0v) is 9.72. The van der Waals surface area contributed by atoms with Gasteiger partial charge in [-0.15, -0.1) is 0 Å². The van der Waals surface area contributed by atoms with Crippen molar-refractivity contribution in [2.24, 2.45) is 11.8 Å². The predicted molar refractivity (Wildman–Crippen MR) is 59.0 cm³/mol. The second-order valence-corrected chi connectivity index (χ2v) is 4.29. The summed E-state index contributed by atoms with van der Waals surface area (Å²) in [6.07, 6.45) is 4.84. The lowest BCUT2D eigenvalue weighted by Gasteiger charge is -2.26. The number of hydrogen-bond donors (Lipinski definition) is 0. The molecular formula is C10H14ClNO4. The van der Waals surface area contributed by atoms with E-state index in [9.17, 15) is 14.9 Å². The minimum absolute atomic E-state index is 0.0666. The summed E-state index contributed by atoms with van der Waals surface area (Å²) in [4.78, 5) is 21.0. The molecule has 0 N–H and O–H groups in total. The number of halogens is 1. The van der Waals surface area contributed by atoms with E-state index in [4.69, 9.17) is 11.6 Å². The van der Waals surface area contributed by atoms with Crippen LogP contribution in [-0.4, -0.2) is 23.0 Å². The summed E-state index contributed by atoms with van der Waals surface area (Å²) in [5.74, 6) is -0.168. The zero-order valence-electron chi connectivity index (χ0n) is 8.97. The molecule has 0 fully saturated rings. The fourth-order valence-electron chi connectivity index (χ4n) is 2.00. The second kappa shape index (κ2) is 5.84. The van der Waals surface area contributed by atoms with E-state index in [2.05, 4.69) is 4.74 Å². The quantitative estimate of drug-likeness (QED) is 0.331. The molecule has 1 aliphatic rings. The molecule has 1 rings (SSSR count). The molecule has 0 aromatic carbocycles. The van der Waals surface area contributed by atoms with Gasteiger partial charge in [-0.1, -0.05) is 19.1 Å². The van der Waals surface area contributed by atoms with Gasteiger partial charge in [0.1, 0.15) is 0 Å². The number of hydrogen-bond acceptors (Lipinski definition) is 4. The number of nitro groups is 1. The zero-order chi connectivity index (χ0) is 12.1. The summed E-state index contributed by atoms with van der Waals surface area (Å²) in [5.41, 5.74) is -0.865. The molecule has 0 saturated heterocycles. The molecule has 0 radical (unpaired) electrons. The van der Waals surface area contributed by atoms with Gasteiger partial charge >= 0.3 is 5.43 Å². The molecule has 5 nitrogen and oxygen atoms in total. The molecule has 0 amide bonds. The van der Waals surface area contributed by atoms with E-state index in [0.29, 0.717) is 12.8 Å². The highest BCUT2D eigenvalue weighted by Crippen LogP contribution is 2.28. The first-order chi connectivity index (χ1) is 7.52. The highest BCUT2D eigenvalue weighted by atomic mass is 35.5. The van der Waals surface area contributed by atoms with Crippen molar-refractivity contribution in [3.05, 3.63) is 22.3 Å². The summed E-state index contributed by atoms with van der Waals surface area (Å²) in [7, 11) is 0. The molecule has 0 bridgehead atoms. The maximum absolute atomic E-state index is 10.8.